The summed E-state index contributed by atoms with van der Waals surface area (Å²) in [4.78, 5) is 15.3. The third-order valence-electron chi connectivity index (χ3n) is 5.44. The molecule has 31 heavy (non-hydrogen) atoms. The smallest absolute Gasteiger partial charge is 0.255 e. The lowest BCUT2D eigenvalue weighted by Gasteiger charge is -2.23. The first-order valence-corrected chi connectivity index (χ1v) is 10.8. The Kier molecular flexibility index (Phi) is 10.8. The number of nitrogens with zero attached hydrogens (tertiary/aromatic N) is 1. The van der Waals surface area contributed by atoms with Crippen LogP contribution in [0.2, 0.25) is 0 Å². The molecule has 1 aliphatic heterocycles. The summed E-state index contributed by atoms with van der Waals surface area (Å²) in [5, 5.41) is 3.03. The van der Waals surface area contributed by atoms with Crippen LogP contribution in [0.25, 0.3) is 0 Å². The van der Waals surface area contributed by atoms with Crippen molar-refractivity contribution in [3.63, 3.8) is 0 Å². The van der Waals surface area contributed by atoms with Crippen LogP contribution in [-0.4, -0.2) is 76.6 Å². The number of carbonyl (C=O) groups excluding carboxylic acids is 1. The summed E-state index contributed by atoms with van der Waals surface area (Å²) in [6.45, 7) is 6.68. The van der Waals surface area contributed by atoms with Crippen LogP contribution in [0, 0.1) is 0 Å². The molecule has 1 fully saturated rings. The number of nitrogens with one attached hydrogen (secondary N) is 1. The molecule has 0 saturated carbocycles. The number of hydrogen-bond donors (Lipinski definition) is 2. The van der Waals surface area contributed by atoms with Gasteiger partial charge in [0.2, 0.25) is 0 Å². The Labute approximate surface area is 184 Å². The molecule has 8 heteroatoms. The summed E-state index contributed by atoms with van der Waals surface area (Å²) in [6.07, 6.45) is 4.55. The van der Waals surface area contributed by atoms with Crippen molar-refractivity contribution >= 4 is 5.91 Å². The number of hydrogen-bond acceptors (Lipinski definition) is 6. The Hall–Kier alpha value is -2.16. The van der Waals surface area contributed by atoms with Crippen molar-refractivity contribution in [3.8, 4) is 11.5 Å². The molecule has 1 aliphatic rings. The predicted molar refractivity (Wildman–Crippen MR) is 120 cm³/mol. The summed E-state index contributed by atoms with van der Waals surface area (Å²) in [6, 6.07) is 3.69. The van der Waals surface area contributed by atoms with Crippen molar-refractivity contribution in [3.05, 3.63) is 35.9 Å². The summed E-state index contributed by atoms with van der Waals surface area (Å²) in [7, 11) is 3.02. The van der Waals surface area contributed by atoms with Gasteiger partial charge in [-0.1, -0.05) is 6.08 Å². The summed E-state index contributed by atoms with van der Waals surface area (Å²) >= 11 is 0. The number of likely N-dealkylation sites (tertiary alicyclic amines) is 1. The van der Waals surface area contributed by atoms with Gasteiger partial charge >= 0.3 is 0 Å². The molecule has 2 atom stereocenters. The average Bonchev–Trinajstić information content (AvgIpc) is 3.17. The van der Waals surface area contributed by atoms with E-state index < -0.39 is 6.67 Å². The van der Waals surface area contributed by atoms with Crippen LogP contribution in [-0.2, 0) is 11.2 Å². The third kappa shape index (κ3) is 7.19. The topological polar surface area (TPSA) is 86.1 Å². The maximum Gasteiger partial charge on any atom is 0.255 e. The zero-order valence-electron chi connectivity index (χ0n) is 18.7. The lowest BCUT2D eigenvalue weighted by molar-refractivity contribution is 0.0593. The van der Waals surface area contributed by atoms with E-state index in [2.05, 4.69) is 16.8 Å². The second-order valence-corrected chi connectivity index (χ2v) is 7.65. The summed E-state index contributed by atoms with van der Waals surface area (Å²) in [5.41, 5.74) is 6.77. The number of nitrogens with two attached hydrogens (primary N) is 1. The maximum absolute atomic E-state index is 13.0. The Morgan fingerprint density at radius 3 is 2.81 bits per heavy atom. The molecule has 174 valence electrons. The number of benzene rings is 1. The number of alkyl halides is 1. The van der Waals surface area contributed by atoms with Gasteiger partial charge in [-0.25, -0.2) is 0 Å². The number of halogens is 1. The number of methoxy groups -OCH3 is 2. The Balaban J connectivity index is 2.08. The minimum atomic E-state index is -0.411. The van der Waals surface area contributed by atoms with Gasteiger partial charge in [0.15, 0.2) is 11.5 Å². The van der Waals surface area contributed by atoms with Crippen molar-refractivity contribution < 1.29 is 23.4 Å². The zero-order chi connectivity index (χ0) is 22.6. The van der Waals surface area contributed by atoms with Crippen molar-refractivity contribution in [1.82, 2.24) is 10.2 Å². The van der Waals surface area contributed by atoms with Crippen molar-refractivity contribution in [2.75, 3.05) is 53.7 Å². The molecule has 0 aromatic heterocycles. The summed E-state index contributed by atoms with van der Waals surface area (Å²) < 4.78 is 29.4. The van der Waals surface area contributed by atoms with Crippen LogP contribution in [0.15, 0.2) is 24.8 Å². The quantitative estimate of drug-likeness (QED) is 0.343. The molecule has 0 bridgehead atoms. The van der Waals surface area contributed by atoms with E-state index in [-0.39, 0.29) is 18.1 Å². The fourth-order valence-corrected chi connectivity index (χ4v) is 3.90. The van der Waals surface area contributed by atoms with Crippen LogP contribution in [0.1, 0.15) is 35.2 Å². The van der Waals surface area contributed by atoms with Gasteiger partial charge in [0.1, 0.15) is 0 Å². The highest BCUT2D eigenvalue weighted by atomic mass is 19.1. The van der Waals surface area contributed by atoms with Crippen LogP contribution in [0.5, 0.6) is 11.5 Å². The number of aryl methyl sites for hydroxylation is 1. The zero-order valence-corrected chi connectivity index (χ0v) is 18.7. The lowest BCUT2D eigenvalue weighted by atomic mass is 10.0. The minimum Gasteiger partial charge on any atom is -0.493 e. The number of ether oxygens (including phenoxy) is 3. The highest BCUT2D eigenvalue weighted by Crippen LogP contribution is 2.33. The highest BCUT2D eigenvalue weighted by molar-refractivity contribution is 5.98. The first-order valence-electron chi connectivity index (χ1n) is 10.8. The SMILES string of the molecule is C=CCN1C[C@@H](OCCCN)C[C@H]1CNC(=O)c1cc(CCCF)cc(OC)c1OC. The van der Waals surface area contributed by atoms with Gasteiger partial charge in [-0.3, -0.25) is 14.1 Å². The van der Waals surface area contributed by atoms with Crippen LogP contribution in [0.4, 0.5) is 4.39 Å². The lowest BCUT2D eigenvalue weighted by Crippen LogP contribution is -2.40. The van der Waals surface area contributed by atoms with E-state index >= 15 is 0 Å². The average molecular weight is 438 g/mol. The number of carbonyl (C=O) groups is 1. The Morgan fingerprint density at radius 1 is 1.35 bits per heavy atom. The number of rotatable bonds is 14. The highest BCUT2D eigenvalue weighted by Gasteiger charge is 2.32. The van der Waals surface area contributed by atoms with E-state index in [1.165, 1.54) is 14.2 Å². The molecule has 3 N–H and O–H groups in total. The Bertz CT molecular complexity index is 716. The van der Waals surface area contributed by atoms with Crippen molar-refractivity contribution in [2.45, 2.75) is 37.8 Å². The summed E-state index contributed by atoms with van der Waals surface area (Å²) in [5.74, 6) is 0.594. The van der Waals surface area contributed by atoms with Crippen LogP contribution in [0.3, 0.4) is 0 Å². The molecule has 1 amide bonds. The van der Waals surface area contributed by atoms with E-state index in [1.807, 2.05) is 6.08 Å². The molecule has 1 heterocycles. The predicted octanol–water partition coefficient (Wildman–Crippen LogP) is 2.33. The molecule has 1 aromatic carbocycles. The van der Waals surface area contributed by atoms with E-state index in [0.717, 1.165) is 31.5 Å². The van der Waals surface area contributed by atoms with Gasteiger partial charge in [0.25, 0.3) is 5.91 Å². The third-order valence-corrected chi connectivity index (χ3v) is 5.44. The first-order chi connectivity index (χ1) is 15.1. The van der Waals surface area contributed by atoms with Gasteiger partial charge in [-0.2, -0.15) is 0 Å². The number of amides is 1. The van der Waals surface area contributed by atoms with E-state index in [1.54, 1.807) is 12.1 Å². The molecule has 0 unspecified atom stereocenters. The maximum atomic E-state index is 13.0. The van der Waals surface area contributed by atoms with E-state index in [9.17, 15) is 9.18 Å². The minimum absolute atomic E-state index is 0.118. The fourth-order valence-electron chi connectivity index (χ4n) is 3.90. The largest absolute Gasteiger partial charge is 0.493 e. The molecule has 2 rings (SSSR count). The molecular weight excluding hydrogens is 401 g/mol. The first kappa shape index (κ1) is 25.1. The van der Waals surface area contributed by atoms with Crippen molar-refractivity contribution in [2.24, 2.45) is 5.73 Å². The second kappa shape index (κ2) is 13.3. The van der Waals surface area contributed by atoms with Gasteiger partial charge in [-0.05, 0) is 49.9 Å². The van der Waals surface area contributed by atoms with Crippen LogP contribution < -0.4 is 20.5 Å². The monoisotopic (exact) mass is 437 g/mol. The molecule has 1 aromatic rings. The van der Waals surface area contributed by atoms with Gasteiger partial charge in [0.05, 0.1) is 32.6 Å². The molecule has 0 spiro atoms. The Morgan fingerprint density at radius 2 is 2.16 bits per heavy atom. The molecular formula is C23H36FN3O4. The van der Waals surface area contributed by atoms with E-state index in [4.69, 9.17) is 19.9 Å². The molecule has 0 radical (unpaired) electrons. The van der Waals surface area contributed by atoms with E-state index in [0.29, 0.717) is 49.6 Å². The van der Waals surface area contributed by atoms with Crippen molar-refractivity contribution in [1.29, 1.82) is 0 Å². The van der Waals surface area contributed by atoms with Crippen LogP contribution >= 0.6 is 0 Å². The molecule has 1 saturated heterocycles. The fraction of sp³-hybridized carbons (Fsp3) is 0.609. The van der Waals surface area contributed by atoms with Gasteiger partial charge < -0.3 is 25.3 Å². The molecule has 7 nitrogen and oxygen atoms in total. The van der Waals surface area contributed by atoms with Gasteiger partial charge in [-0.15, -0.1) is 6.58 Å². The standard InChI is InChI=1S/C23H36FN3O4/c1-4-10-27-16-19(31-11-6-9-25)14-18(27)15-26-23(28)20-12-17(7-5-8-24)13-21(29-2)22(20)30-3/h4,12-13,18-19H,1,5-11,14-16,25H2,2-3H3,(H,26,28)/t18-,19-/m0/s1. The normalized spacial score (nSPS) is 18.7. The van der Waals surface area contributed by atoms with Gasteiger partial charge in [0, 0.05) is 32.3 Å². The second-order valence-electron chi connectivity index (χ2n) is 7.65. The molecule has 0 aliphatic carbocycles.